The molecule has 0 unspecified atom stereocenters. The van der Waals surface area contributed by atoms with Gasteiger partial charge in [-0.3, -0.25) is 4.79 Å². The van der Waals surface area contributed by atoms with E-state index >= 15 is 0 Å². The number of aromatic nitrogens is 2. The van der Waals surface area contributed by atoms with Gasteiger partial charge in [0.15, 0.2) is 0 Å². The normalized spacial score (nSPS) is 14.0. The summed E-state index contributed by atoms with van der Waals surface area (Å²) in [5, 5.41) is 2.89. The van der Waals surface area contributed by atoms with Crippen molar-refractivity contribution >= 4 is 23.2 Å². The first-order chi connectivity index (χ1) is 14.1. The van der Waals surface area contributed by atoms with E-state index in [2.05, 4.69) is 15.3 Å². The average Bonchev–Trinajstić information content (AvgIpc) is 2.76. The number of nitrogens with one attached hydrogen (secondary N) is 1. The van der Waals surface area contributed by atoms with Crippen LogP contribution in [0, 0.1) is 12.7 Å². The number of aryl methyl sites for hydroxylation is 1. The molecule has 29 heavy (non-hydrogen) atoms. The van der Waals surface area contributed by atoms with Gasteiger partial charge in [-0.15, -0.1) is 0 Å². The smallest absolute Gasteiger partial charge is 0.274 e. The number of carbonyl (C=O) groups excluding carboxylic acids is 1. The molecule has 0 radical (unpaired) electrons. The number of nitrogens with zero attached hydrogens (tertiary/aromatic N) is 4. The van der Waals surface area contributed by atoms with E-state index in [0.29, 0.717) is 43.5 Å². The fraction of sp³-hybridized carbons (Fsp3) is 0.227. The highest BCUT2D eigenvalue weighted by molar-refractivity contribution is 6.03. The second-order valence-corrected chi connectivity index (χ2v) is 6.94. The zero-order valence-corrected chi connectivity index (χ0v) is 16.2. The molecule has 3 aromatic rings. The van der Waals surface area contributed by atoms with E-state index in [1.807, 2.05) is 47.1 Å². The molecule has 1 N–H and O–H groups in total. The van der Waals surface area contributed by atoms with Crippen LogP contribution in [0.25, 0.3) is 0 Å². The minimum Gasteiger partial charge on any atom is -0.366 e. The fourth-order valence-corrected chi connectivity index (χ4v) is 3.38. The summed E-state index contributed by atoms with van der Waals surface area (Å²) in [6.45, 7) is 4.55. The van der Waals surface area contributed by atoms with E-state index in [-0.39, 0.29) is 11.7 Å². The lowest BCUT2D eigenvalue weighted by Crippen LogP contribution is -2.47. The molecule has 2 heterocycles. The number of para-hydroxylation sites is 2. The van der Waals surface area contributed by atoms with Crippen molar-refractivity contribution in [2.24, 2.45) is 0 Å². The first-order valence-corrected chi connectivity index (χ1v) is 9.56. The third-order valence-corrected chi connectivity index (χ3v) is 5.02. The van der Waals surface area contributed by atoms with Crippen molar-refractivity contribution in [2.75, 3.05) is 41.3 Å². The van der Waals surface area contributed by atoms with Crippen LogP contribution in [-0.4, -0.2) is 42.1 Å². The minimum absolute atomic E-state index is 0.216. The lowest BCUT2D eigenvalue weighted by molar-refractivity contribution is 0.102. The van der Waals surface area contributed by atoms with Gasteiger partial charge < -0.3 is 15.1 Å². The van der Waals surface area contributed by atoms with Gasteiger partial charge in [-0.25, -0.2) is 14.4 Å². The summed E-state index contributed by atoms with van der Waals surface area (Å²) in [7, 11) is 0. The molecule has 1 aliphatic heterocycles. The van der Waals surface area contributed by atoms with E-state index in [9.17, 15) is 9.18 Å². The number of halogens is 1. The van der Waals surface area contributed by atoms with Crippen molar-refractivity contribution in [1.82, 2.24) is 9.97 Å². The van der Waals surface area contributed by atoms with Crippen LogP contribution in [0.5, 0.6) is 0 Å². The molecule has 1 aromatic heterocycles. The molecule has 1 fully saturated rings. The molecule has 7 heteroatoms. The molecule has 2 aromatic carbocycles. The quantitative estimate of drug-likeness (QED) is 0.738. The van der Waals surface area contributed by atoms with Crippen LogP contribution in [0.3, 0.4) is 0 Å². The van der Waals surface area contributed by atoms with Crippen LogP contribution in [-0.2, 0) is 0 Å². The van der Waals surface area contributed by atoms with E-state index in [1.54, 1.807) is 24.4 Å². The Kier molecular flexibility index (Phi) is 5.37. The zero-order chi connectivity index (χ0) is 20.2. The molecule has 148 valence electrons. The predicted octanol–water partition coefficient (Wildman–Crippen LogP) is 3.50. The van der Waals surface area contributed by atoms with Crippen LogP contribution in [0.15, 0.2) is 60.8 Å². The monoisotopic (exact) mass is 391 g/mol. The van der Waals surface area contributed by atoms with Crippen LogP contribution in [0.1, 0.15) is 16.1 Å². The standard InChI is InChI=1S/C22H22FN5O/c1-16-6-2-4-8-18(16)25-21(29)19-10-11-24-22(26-19)28-14-12-27(13-15-28)20-9-5-3-7-17(20)23/h2-11H,12-15H2,1H3,(H,25,29). The molecule has 1 saturated heterocycles. The Morgan fingerprint density at radius 2 is 1.66 bits per heavy atom. The SMILES string of the molecule is Cc1ccccc1NC(=O)c1ccnc(N2CCN(c3ccccc3F)CC2)n1. The Morgan fingerprint density at radius 3 is 2.41 bits per heavy atom. The number of carbonyl (C=O) groups is 1. The highest BCUT2D eigenvalue weighted by atomic mass is 19.1. The highest BCUT2D eigenvalue weighted by Crippen LogP contribution is 2.21. The maximum absolute atomic E-state index is 14.0. The van der Waals surface area contributed by atoms with Gasteiger partial charge in [0.2, 0.25) is 5.95 Å². The first-order valence-electron chi connectivity index (χ1n) is 9.56. The van der Waals surface area contributed by atoms with E-state index < -0.39 is 0 Å². The van der Waals surface area contributed by atoms with Gasteiger partial charge in [0, 0.05) is 38.1 Å². The molecule has 0 aliphatic carbocycles. The number of anilines is 3. The number of piperazine rings is 1. The Hall–Kier alpha value is -3.48. The number of benzene rings is 2. The molecule has 4 rings (SSSR count). The Balaban J connectivity index is 1.44. The summed E-state index contributed by atoms with van der Waals surface area (Å²) < 4.78 is 14.0. The molecule has 0 spiro atoms. The molecule has 6 nitrogen and oxygen atoms in total. The van der Waals surface area contributed by atoms with Crippen LogP contribution >= 0.6 is 0 Å². The molecular weight excluding hydrogens is 369 g/mol. The van der Waals surface area contributed by atoms with Gasteiger partial charge in [-0.05, 0) is 36.8 Å². The Labute approximate surface area is 169 Å². The Morgan fingerprint density at radius 1 is 0.966 bits per heavy atom. The predicted molar refractivity (Wildman–Crippen MR) is 112 cm³/mol. The molecular formula is C22H22FN5O. The molecule has 0 bridgehead atoms. The van der Waals surface area contributed by atoms with E-state index in [0.717, 1.165) is 11.3 Å². The topological polar surface area (TPSA) is 61.4 Å². The van der Waals surface area contributed by atoms with Crippen LogP contribution < -0.4 is 15.1 Å². The molecule has 0 atom stereocenters. The number of rotatable bonds is 4. The lowest BCUT2D eigenvalue weighted by atomic mass is 10.2. The van der Waals surface area contributed by atoms with Crippen LogP contribution in [0.2, 0.25) is 0 Å². The fourth-order valence-electron chi connectivity index (χ4n) is 3.38. The lowest BCUT2D eigenvalue weighted by Gasteiger charge is -2.36. The van der Waals surface area contributed by atoms with Gasteiger partial charge in [0.25, 0.3) is 5.91 Å². The summed E-state index contributed by atoms with van der Waals surface area (Å²) in [4.78, 5) is 25.4. The number of hydrogen-bond donors (Lipinski definition) is 1. The first kappa shape index (κ1) is 18.9. The van der Waals surface area contributed by atoms with Gasteiger partial charge in [0.1, 0.15) is 11.5 Å². The molecule has 1 amide bonds. The Bertz CT molecular complexity index is 1020. The summed E-state index contributed by atoms with van der Waals surface area (Å²) >= 11 is 0. The highest BCUT2D eigenvalue weighted by Gasteiger charge is 2.22. The average molecular weight is 391 g/mol. The van der Waals surface area contributed by atoms with Crippen molar-refractivity contribution in [3.8, 4) is 0 Å². The number of hydrogen-bond acceptors (Lipinski definition) is 5. The van der Waals surface area contributed by atoms with Crippen molar-refractivity contribution in [3.63, 3.8) is 0 Å². The maximum Gasteiger partial charge on any atom is 0.274 e. The second-order valence-electron chi connectivity index (χ2n) is 6.94. The van der Waals surface area contributed by atoms with E-state index in [1.165, 1.54) is 6.07 Å². The summed E-state index contributed by atoms with van der Waals surface area (Å²) in [5.41, 5.74) is 2.67. The van der Waals surface area contributed by atoms with E-state index in [4.69, 9.17) is 0 Å². The largest absolute Gasteiger partial charge is 0.366 e. The van der Waals surface area contributed by atoms with Crippen molar-refractivity contribution in [1.29, 1.82) is 0 Å². The van der Waals surface area contributed by atoms with Gasteiger partial charge in [-0.1, -0.05) is 30.3 Å². The summed E-state index contributed by atoms with van der Waals surface area (Å²) in [5.74, 6) is 0.0237. The van der Waals surface area contributed by atoms with Crippen molar-refractivity contribution in [2.45, 2.75) is 6.92 Å². The van der Waals surface area contributed by atoms with Gasteiger partial charge >= 0.3 is 0 Å². The number of amides is 1. The van der Waals surface area contributed by atoms with Crippen LogP contribution in [0.4, 0.5) is 21.7 Å². The second kappa shape index (κ2) is 8.26. The third kappa shape index (κ3) is 4.18. The molecule has 1 aliphatic rings. The van der Waals surface area contributed by atoms with Gasteiger partial charge in [-0.2, -0.15) is 0 Å². The third-order valence-electron chi connectivity index (χ3n) is 5.02. The zero-order valence-electron chi connectivity index (χ0n) is 16.2. The van der Waals surface area contributed by atoms with Crippen molar-refractivity contribution < 1.29 is 9.18 Å². The molecule has 0 saturated carbocycles. The minimum atomic E-state index is -0.270. The summed E-state index contributed by atoms with van der Waals surface area (Å²) in [6.07, 6.45) is 1.60. The van der Waals surface area contributed by atoms with Crippen molar-refractivity contribution in [3.05, 3.63) is 77.9 Å². The summed E-state index contributed by atoms with van der Waals surface area (Å²) in [6, 6.07) is 16.0. The van der Waals surface area contributed by atoms with Gasteiger partial charge in [0.05, 0.1) is 5.69 Å². The maximum atomic E-state index is 14.0.